The quantitative estimate of drug-likeness (QED) is 0.538. The predicted molar refractivity (Wildman–Crippen MR) is 141 cm³/mol. The second-order valence-corrected chi connectivity index (χ2v) is 9.69. The fraction of sp³-hybridized carbons (Fsp3) is 0.593. The monoisotopic (exact) mass is 498 g/mol. The number of hydrogen-bond donors (Lipinski definition) is 2. The summed E-state index contributed by atoms with van der Waals surface area (Å²) < 4.78 is 20.1. The molecule has 2 unspecified atom stereocenters. The average Bonchev–Trinajstić information content (AvgIpc) is 2.93. The molecule has 2 aliphatic heterocycles. The number of piperazine rings is 1. The Morgan fingerprint density at radius 3 is 2.64 bits per heavy atom. The molecule has 1 saturated heterocycles. The zero-order valence-electron chi connectivity index (χ0n) is 21.7. The van der Waals surface area contributed by atoms with Crippen molar-refractivity contribution in [3.05, 3.63) is 46.6 Å². The number of methoxy groups -OCH3 is 1. The van der Waals surface area contributed by atoms with E-state index < -0.39 is 6.10 Å². The third-order valence-corrected chi connectivity index (χ3v) is 7.44. The Morgan fingerprint density at radius 1 is 1.22 bits per heavy atom. The standard InChI is InChI=1S/C27H39FN6O2/c1-4-33-11-13-34(14-12-33)23-9-7-22(8-10-23)32-27-30-17-19(18-31-27)5-6-20-15-21(26(35)29-2)16-24(36-3)25(20)28/h7,9,15,17,19,24H,4-6,8,10-14,16,18H2,1-3H3,(H,29,35)(H,31,32). The van der Waals surface area contributed by atoms with Crippen LogP contribution < -0.4 is 10.6 Å². The molecule has 0 aromatic rings. The zero-order chi connectivity index (χ0) is 25.5. The van der Waals surface area contributed by atoms with Crippen LogP contribution >= 0.6 is 0 Å². The van der Waals surface area contributed by atoms with Gasteiger partial charge in [0.2, 0.25) is 11.9 Å². The molecular weight excluding hydrogens is 459 g/mol. The minimum Gasteiger partial charge on any atom is -0.374 e. The molecule has 1 amide bonds. The number of hydrogen-bond acceptors (Lipinski definition) is 7. The molecule has 0 bridgehead atoms. The van der Waals surface area contributed by atoms with Crippen molar-refractivity contribution in [2.75, 3.05) is 53.4 Å². The van der Waals surface area contributed by atoms with Crippen molar-refractivity contribution in [1.29, 1.82) is 0 Å². The molecule has 4 aliphatic rings. The lowest BCUT2D eigenvalue weighted by Crippen LogP contribution is -2.45. The van der Waals surface area contributed by atoms with Crippen LogP contribution in [0.4, 0.5) is 4.39 Å². The molecule has 0 aromatic heterocycles. The van der Waals surface area contributed by atoms with E-state index in [0.29, 0.717) is 36.5 Å². The van der Waals surface area contributed by atoms with E-state index in [4.69, 9.17) is 4.74 Å². The molecule has 0 aromatic carbocycles. The summed E-state index contributed by atoms with van der Waals surface area (Å²) >= 11 is 0. The highest BCUT2D eigenvalue weighted by Gasteiger charge is 2.27. The van der Waals surface area contributed by atoms with E-state index in [0.717, 1.165) is 51.3 Å². The summed E-state index contributed by atoms with van der Waals surface area (Å²) in [6.45, 7) is 8.44. The number of carbonyl (C=O) groups is 1. The molecule has 4 rings (SSSR count). The largest absolute Gasteiger partial charge is 0.374 e. The van der Waals surface area contributed by atoms with Crippen LogP contribution in [0.25, 0.3) is 0 Å². The second kappa shape index (κ2) is 12.5. The fourth-order valence-electron chi connectivity index (χ4n) is 5.07. The maximum Gasteiger partial charge on any atom is 0.247 e. The lowest BCUT2D eigenvalue weighted by molar-refractivity contribution is -0.117. The Kier molecular flexibility index (Phi) is 9.09. The Morgan fingerprint density at radius 2 is 2.03 bits per heavy atom. The normalized spacial score (nSPS) is 25.2. The number of likely N-dealkylation sites (N-methyl/N-ethyl adjacent to an activating group) is 2. The number of carbonyl (C=O) groups excluding carboxylic acids is 1. The molecule has 8 nitrogen and oxygen atoms in total. The number of allylic oxidation sites excluding steroid dienone is 6. The topological polar surface area (TPSA) is 81.6 Å². The Labute approximate surface area is 213 Å². The number of rotatable bonds is 8. The summed E-state index contributed by atoms with van der Waals surface area (Å²) in [5.74, 6) is 0.284. The van der Waals surface area contributed by atoms with E-state index in [9.17, 15) is 9.18 Å². The van der Waals surface area contributed by atoms with Gasteiger partial charge in [-0.2, -0.15) is 0 Å². The van der Waals surface area contributed by atoms with Gasteiger partial charge >= 0.3 is 0 Å². The second-order valence-electron chi connectivity index (χ2n) is 9.69. The molecule has 9 heteroatoms. The highest BCUT2D eigenvalue weighted by molar-refractivity contribution is 5.94. The maximum atomic E-state index is 14.8. The van der Waals surface area contributed by atoms with E-state index in [1.165, 1.54) is 12.8 Å². The summed E-state index contributed by atoms with van der Waals surface area (Å²) in [5, 5.41) is 5.99. The smallest absolute Gasteiger partial charge is 0.247 e. The summed E-state index contributed by atoms with van der Waals surface area (Å²) in [7, 11) is 3.05. The first-order valence-corrected chi connectivity index (χ1v) is 13.1. The highest BCUT2D eigenvalue weighted by atomic mass is 19.1. The summed E-state index contributed by atoms with van der Waals surface area (Å²) in [6, 6.07) is 0. The van der Waals surface area contributed by atoms with Gasteiger partial charge in [-0.25, -0.2) is 9.38 Å². The van der Waals surface area contributed by atoms with Crippen LogP contribution in [0.15, 0.2) is 56.6 Å². The first kappa shape index (κ1) is 26.3. The van der Waals surface area contributed by atoms with Crippen LogP contribution in [0.3, 0.4) is 0 Å². The first-order valence-electron chi connectivity index (χ1n) is 13.1. The number of aliphatic imine (C=N–C) groups is 2. The van der Waals surface area contributed by atoms with Crippen LogP contribution in [0, 0.1) is 5.92 Å². The van der Waals surface area contributed by atoms with Gasteiger partial charge in [0.15, 0.2) is 0 Å². The van der Waals surface area contributed by atoms with Gasteiger partial charge in [-0.3, -0.25) is 9.79 Å². The third kappa shape index (κ3) is 6.50. The number of halogens is 1. The van der Waals surface area contributed by atoms with E-state index in [-0.39, 0.29) is 24.1 Å². The van der Waals surface area contributed by atoms with Crippen LogP contribution in [-0.4, -0.2) is 87.4 Å². The van der Waals surface area contributed by atoms with Crippen molar-refractivity contribution in [2.24, 2.45) is 15.9 Å². The van der Waals surface area contributed by atoms with Crippen molar-refractivity contribution in [3.8, 4) is 0 Å². The van der Waals surface area contributed by atoms with Crippen molar-refractivity contribution in [2.45, 2.75) is 45.1 Å². The first-order chi connectivity index (χ1) is 17.5. The molecule has 0 saturated carbocycles. The minimum atomic E-state index is -0.703. The molecule has 0 radical (unpaired) electrons. The number of ether oxygens (including phenoxy) is 1. The van der Waals surface area contributed by atoms with Crippen LogP contribution in [-0.2, 0) is 9.53 Å². The van der Waals surface area contributed by atoms with E-state index in [1.54, 1.807) is 13.1 Å². The summed E-state index contributed by atoms with van der Waals surface area (Å²) in [5.41, 5.74) is 3.62. The number of nitrogens with one attached hydrogen (secondary N) is 2. The zero-order valence-corrected chi connectivity index (χ0v) is 21.7. The van der Waals surface area contributed by atoms with Crippen molar-refractivity contribution < 1.29 is 13.9 Å². The van der Waals surface area contributed by atoms with Gasteiger partial charge in [0.25, 0.3) is 0 Å². The molecule has 2 N–H and O–H groups in total. The van der Waals surface area contributed by atoms with Gasteiger partial charge < -0.3 is 25.2 Å². The maximum absolute atomic E-state index is 14.8. The van der Waals surface area contributed by atoms with Gasteiger partial charge in [-0.15, -0.1) is 0 Å². The summed E-state index contributed by atoms with van der Waals surface area (Å²) in [6.07, 6.45) is 10.7. The van der Waals surface area contributed by atoms with Crippen molar-refractivity contribution in [3.63, 3.8) is 0 Å². The Hall–Kier alpha value is -2.78. The number of amides is 1. The SMILES string of the molecule is CCN1CCN(C2=CC=C(NC3=NCC(CCC4=C(F)C(OC)CC(C(=O)NC)=C4)C=N3)CC2)CC1. The average molecular weight is 499 g/mol. The summed E-state index contributed by atoms with van der Waals surface area (Å²) in [4.78, 5) is 26.2. The third-order valence-electron chi connectivity index (χ3n) is 7.44. The van der Waals surface area contributed by atoms with Crippen molar-refractivity contribution in [1.82, 2.24) is 20.4 Å². The highest BCUT2D eigenvalue weighted by Crippen LogP contribution is 2.31. The lowest BCUT2D eigenvalue weighted by atomic mass is 9.90. The molecular formula is C27H39FN6O2. The molecule has 0 spiro atoms. The molecule has 2 atom stereocenters. The number of guanidine groups is 1. The van der Waals surface area contributed by atoms with Crippen molar-refractivity contribution >= 4 is 18.1 Å². The predicted octanol–water partition coefficient (Wildman–Crippen LogP) is 2.93. The van der Waals surface area contributed by atoms with E-state index >= 15 is 0 Å². The molecule has 2 heterocycles. The molecule has 1 fully saturated rings. The van der Waals surface area contributed by atoms with Gasteiger partial charge in [0.05, 0.1) is 6.54 Å². The van der Waals surface area contributed by atoms with Gasteiger partial charge in [0.1, 0.15) is 11.9 Å². The van der Waals surface area contributed by atoms with Gasteiger partial charge in [-0.1, -0.05) is 6.92 Å². The fourth-order valence-corrected chi connectivity index (χ4v) is 5.07. The van der Waals surface area contributed by atoms with Crippen LogP contribution in [0.1, 0.15) is 39.0 Å². The molecule has 2 aliphatic carbocycles. The van der Waals surface area contributed by atoms with Gasteiger partial charge in [-0.05, 0) is 56.0 Å². The van der Waals surface area contributed by atoms with Gasteiger partial charge in [0, 0.05) is 75.9 Å². The Bertz CT molecular complexity index is 1000. The number of nitrogens with zero attached hydrogens (tertiary/aromatic N) is 4. The van der Waals surface area contributed by atoms with E-state index in [2.05, 4.69) is 49.5 Å². The van der Waals surface area contributed by atoms with Crippen LogP contribution in [0.5, 0.6) is 0 Å². The Balaban J connectivity index is 1.27. The van der Waals surface area contributed by atoms with E-state index in [1.807, 2.05) is 6.21 Å². The minimum absolute atomic E-state index is 0.129. The lowest BCUT2D eigenvalue weighted by Gasteiger charge is -2.37. The molecule has 196 valence electrons. The van der Waals surface area contributed by atoms with Crippen LogP contribution in [0.2, 0.25) is 0 Å². The molecule has 36 heavy (non-hydrogen) atoms.